The van der Waals surface area contributed by atoms with Crippen LogP contribution in [0.3, 0.4) is 0 Å². The first-order valence-corrected chi connectivity index (χ1v) is 11.2. The van der Waals surface area contributed by atoms with Crippen molar-refractivity contribution in [3.63, 3.8) is 0 Å². The fourth-order valence-electron chi connectivity index (χ4n) is 3.86. The van der Waals surface area contributed by atoms with Crippen molar-refractivity contribution in [1.29, 1.82) is 0 Å². The normalized spacial score (nSPS) is 26.1. The van der Waals surface area contributed by atoms with Gasteiger partial charge in [-0.25, -0.2) is 8.42 Å². The van der Waals surface area contributed by atoms with Crippen molar-refractivity contribution >= 4 is 10.0 Å². The highest BCUT2D eigenvalue weighted by molar-refractivity contribution is 7.89. The summed E-state index contributed by atoms with van der Waals surface area (Å²) in [7, 11) is -3.53. The van der Waals surface area contributed by atoms with Crippen molar-refractivity contribution in [2.45, 2.75) is 74.8 Å². The number of hydrogen-bond acceptors (Lipinski definition) is 6. The van der Waals surface area contributed by atoms with Crippen LogP contribution in [0.5, 0.6) is 0 Å². The van der Waals surface area contributed by atoms with E-state index < -0.39 is 21.6 Å². The van der Waals surface area contributed by atoms with E-state index in [9.17, 15) is 8.42 Å². The third kappa shape index (κ3) is 3.92. The van der Waals surface area contributed by atoms with Gasteiger partial charge < -0.3 is 0 Å². The molecule has 0 unspecified atom stereocenters. The molecule has 2 heterocycles. The standard InChI is InChI=1S/C19H27NO6S/c1-16-6-8-17(9-7-16)27(21,22)20-14-12-19(13-15-20)25-23-18(24-26-19)10-4-2-3-5-11-18/h6-9H,2-5,10-15H2,1H3. The summed E-state index contributed by atoms with van der Waals surface area (Å²) in [5.41, 5.74) is 1.03. The maximum atomic E-state index is 12.8. The Balaban J connectivity index is 1.38. The lowest BCUT2D eigenvalue weighted by Crippen LogP contribution is -2.55. The van der Waals surface area contributed by atoms with E-state index >= 15 is 0 Å². The fourth-order valence-corrected chi connectivity index (χ4v) is 5.30. The molecular weight excluding hydrogens is 370 g/mol. The molecule has 150 valence electrons. The Labute approximate surface area is 160 Å². The highest BCUT2D eigenvalue weighted by Gasteiger charge is 2.51. The Hall–Kier alpha value is -1.03. The van der Waals surface area contributed by atoms with Crippen molar-refractivity contribution in [2.75, 3.05) is 13.1 Å². The van der Waals surface area contributed by atoms with Crippen LogP contribution in [0.4, 0.5) is 0 Å². The molecule has 2 spiro atoms. The number of piperidine rings is 1. The van der Waals surface area contributed by atoms with Crippen molar-refractivity contribution < 1.29 is 28.0 Å². The van der Waals surface area contributed by atoms with Gasteiger partial charge >= 0.3 is 0 Å². The molecule has 0 N–H and O–H groups in total. The first-order chi connectivity index (χ1) is 12.9. The molecule has 27 heavy (non-hydrogen) atoms. The van der Waals surface area contributed by atoms with E-state index in [2.05, 4.69) is 0 Å². The van der Waals surface area contributed by atoms with Gasteiger partial charge in [-0.3, -0.25) is 0 Å². The number of hydrogen-bond donors (Lipinski definition) is 0. The minimum absolute atomic E-state index is 0.288. The molecule has 3 fully saturated rings. The van der Waals surface area contributed by atoms with Crippen LogP contribution in [0.1, 0.15) is 56.9 Å². The van der Waals surface area contributed by atoms with E-state index in [1.54, 1.807) is 24.3 Å². The Morgan fingerprint density at radius 1 is 0.778 bits per heavy atom. The van der Waals surface area contributed by atoms with Crippen LogP contribution in [0.15, 0.2) is 29.2 Å². The van der Waals surface area contributed by atoms with Crippen LogP contribution >= 0.6 is 0 Å². The number of sulfonamides is 1. The quantitative estimate of drug-likeness (QED) is 0.712. The summed E-state index contributed by atoms with van der Waals surface area (Å²) in [5.74, 6) is -1.84. The Bertz CT molecular complexity index is 735. The van der Waals surface area contributed by atoms with Gasteiger partial charge in [-0.2, -0.15) is 23.9 Å². The predicted molar refractivity (Wildman–Crippen MR) is 96.7 cm³/mol. The van der Waals surface area contributed by atoms with E-state index in [1.165, 1.54) is 4.31 Å². The van der Waals surface area contributed by atoms with Gasteiger partial charge in [0.15, 0.2) is 0 Å². The van der Waals surface area contributed by atoms with Crippen molar-refractivity contribution in [3.8, 4) is 0 Å². The largest absolute Gasteiger partial charge is 0.243 e. The average Bonchev–Trinajstić information content (AvgIpc) is 2.91. The Kier molecular flexibility index (Phi) is 5.30. The van der Waals surface area contributed by atoms with Gasteiger partial charge in [0.1, 0.15) is 0 Å². The van der Waals surface area contributed by atoms with Crippen molar-refractivity contribution in [3.05, 3.63) is 29.8 Å². The second kappa shape index (κ2) is 7.42. The predicted octanol–water partition coefficient (Wildman–Crippen LogP) is 3.44. The topological polar surface area (TPSA) is 74.3 Å². The van der Waals surface area contributed by atoms with Gasteiger partial charge in [-0.05, 0) is 31.9 Å². The van der Waals surface area contributed by atoms with E-state index in [4.69, 9.17) is 19.6 Å². The van der Waals surface area contributed by atoms with E-state index in [0.29, 0.717) is 17.7 Å². The smallest absolute Gasteiger partial charge is 0.207 e. The third-order valence-corrected chi connectivity index (χ3v) is 7.61. The monoisotopic (exact) mass is 397 g/mol. The molecule has 0 atom stereocenters. The molecule has 0 amide bonds. The van der Waals surface area contributed by atoms with Crippen LogP contribution in [0.25, 0.3) is 0 Å². The van der Waals surface area contributed by atoms with Crippen molar-refractivity contribution in [1.82, 2.24) is 4.31 Å². The molecular formula is C19H27NO6S. The summed E-state index contributed by atoms with van der Waals surface area (Å²) in [5, 5.41) is 0. The van der Waals surface area contributed by atoms with E-state index in [0.717, 1.165) is 44.1 Å². The molecule has 4 rings (SSSR count). The Morgan fingerprint density at radius 2 is 1.26 bits per heavy atom. The molecule has 8 heteroatoms. The van der Waals surface area contributed by atoms with Crippen molar-refractivity contribution in [2.24, 2.45) is 0 Å². The van der Waals surface area contributed by atoms with Crippen LogP contribution < -0.4 is 0 Å². The second-order valence-electron chi connectivity index (χ2n) is 7.79. The molecule has 7 nitrogen and oxygen atoms in total. The third-order valence-electron chi connectivity index (χ3n) is 5.70. The molecule has 0 radical (unpaired) electrons. The summed E-state index contributed by atoms with van der Waals surface area (Å²) < 4.78 is 27.1. The molecule has 3 aliphatic rings. The van der Waals surface area contributed by atoms with Gasteiger partial charge in [0, 0.05) is 38.8 Å². The van der Waals surface area contributed by atoms with Crippen LogP contribution in [-0.4, -0.2) is 37.4 Å². The molecule has 2 aliphatic heterocycles. The maximum absolute atomic E-state index is 12.8. The SMILES string of the molecule is Cc1ccc(S(=O)(=O)N2CCC3(CC2)OOC2(CCCCCC2)OO3)cc1. The lowest BCUT2D eigenvalue weighted by atomic mass is 10.1. The zero-order valence-electron chi connectivity index (χ0n) is 15.7. The van der Waals surface area contributed by atoms with E-state index in [1.807, 2.05) is 6.92 Å². The minimum Gasteiger partial charge on any atom is -0.207 e. The molecule has 2 saturated heterocycles. The highest BCUT2D eigenvalue weighted by atomic mass is 32.2. The first kappa shape index (κ1) is 19.3. The lowest BCUT2D eigenvalue weighted by molar-refractivity contribution is -0.661. The van der Waals surface area contributed by atoms with Gasteiger partial charge in [-0.15, -0.1) is 0 Å². The van der Waals surface area contributed by atoms with Gasteiger partial charge in [0.05, 0.1) is 4.90 Å². The molecule has 0 aromatic heterocycles. The summed E-state index contributed by atoms with van der Waals surface area (Å²) >= 11 is 0. The van der Waals surface area contributed by atoms with Gasteiger partial charge in [0.25, 0.3) is 0 Å². The zero-order valence-corrected chi connectivity index (χ0v) is 16.5. The lowest BCUT2D eigenvalue weighted by Gasteiger charge is -2.45. The molecule has 1 saturated carbocycles. The summed E-state index contributed by atoms with van der Waals surface area (Å²) in [6, 6.07) is 6.90. The summed E-state index contributed by atoms with van der Waals surface area (Å²) in [4.78, 5) is 23.0. The van der Waals surface area contributed by atoms with Crippen LogP contribution in [0, 0.1) is 6.92 Å². The molecule has 1 aromatic carbocycles. The summed E-state index contributed by atoms with van der Waals surface area (Å²) in [6.45, 7) is 2.51. The summed E-state index contributed by atoms with van der Waals surface area (Å²) in [6.07, 6.45) is 6.55. The second-order valence-corrected chi connectivity index (χ2v) is 9.72. The van der Waals surface area contributed by atoms with E-state index in [-0.39, 0.29) is 13.1 Å². The minimum atomic E-state index is -3.53. The number of nitrogens with zero attached hydrogens (tertiary/aromatic N) is 1. The van der Waals surface area contributed by atoms with Crippen LogP contribution in [-0.2, 0) is 29.6 Å². The molecule has 0 bridgehead atoms. The number of aryl methyl sites for hydroxylation is 1. The first-order valence-electron chi connectivity index (χ1n) is 9.74. The maximum Gasteiger partial charge on any atom is 0.243 e. The number of benzene rings is 1. The fraction of sp³-hybridized carbons (Fsp3) is 0.684. The highest BCUT2D eigenvalue weighted by Crippen LogP contribution is 2.42. The number of rotatable bonds is 2. The molecule has 1 aliphatic carbocycles. The van der Waals surface area contributed by atoms with Crippen LogP contribution in [0.2, 0.25) is 0 Å². The molecule has 1 aromatic rings. The Morgan fingerprint density at radius 3 is 1.78 bits per heavy atom. The average molecular weight is 397 g/mol. The zero-order chi connectivity index (χ0) is 19.0. The van der Waals surface area contributed by atoms with Gasteiger partial charge in [-0.1, -0.05) is 30.5 Å². The van der Waals surface area contributed by atoms with Gasteiger partial charge in [0.2, 0.25) is 21.6 Å².